The summed E-state index contributed by atoms with van der Waals surface area (Å²) in [7, 11) is -3.04. The Hall–Kier alpha value is -2.68. The number of aromatic amines is 1. The number of fused-ring (bicyclic) bond motifs is 1. The van der Waals surface area contributed by atoms with E-state index in [4.69, 9.17) is 0 Å². The number of carbonyl (C=O) groups is 1. The van der Waals surface area contributed by atoms with Gasteiger partial charge in [0.05, 0.1) is 45.9 Å². The first-order chi connectivity index (χ1) is 14.2. The van der Waals surface area contributed by atoms with Gasteiger partial charge < -0.3 is 10.3 Å². The van der Waals surface area contributed by atoms with E-state index in [-0.39, 0.29) is 35.4 Å². The Kier molecular flexibility index (Phi) is 5.17. The summed E-state index contributed by atoms with van der Waals surface area (Å²) in [4.78, 5) is 21.2. The van der Waals surface area contributed by atoms with E-state index in [9.17, 15) is 13.2 Å². The molecule has 8 nitrogen and oxygen atoms in total. The molecule has 0 aliphatic carbocycles. The molecule has 3 heterocycles. The second-order valence-corrected chi connectivity index (χ2v) is 10.6. The Morgan fingerprint density at radius 3 is 2.63 bits per heavy atom. The average molecular weight is 430 g/mol. The quantitative estimate of drug-likeness (QED) is 0.648. The number of H-pyrrole nitrogens is 1. The Morgan fingerprint density at radius 2 is 2.00 bits per heavy atom. The molecule has 1 aliphatic rings. The number of nitrogens with one attached hydrogen (secondary N) is 2. The van der Waals surface area contributed by atoms with Gasteiger partial charge in [-0.3, -0.25) is 9.48 Å². The molecule has 1 fully saturated rings. The Balaban J connectivity index is 1.62. The molecule has 30 heavy (non-hydrogen) atoms. The van der Waals surface area contributed by atoms with E-state index in [0.717, 1.165) is 11.0 Å². The number of aromatic nitrogens is 4. The molecule has 2 N–H and O–H groups in total. The molecule has 1 amide bonds. The van der Waals surface area contributed by atoms with Crippen molar-refractivity contribution in [2.24, 2.45) is 5.92 Å². The average Bonchev–Trinajstić information content (AvgIpc) is 3.34. The minimum Gasteiger partial charge on any atom is -0.342 e. The largest absolute Gasteiger partial charge is 0.342 e. The van der Waals surface area contributed by atoms with Crippen LogP contribution in [0.15, 0.2) is 24.3 Å². The maximum atomic E-state index is 13.2. The van der Waals surface area contributed by atoms with Gasteiger partial charge >= 0.3 is 0 Å². The third-order valence-electron chi connectivity index (χ3n) is 5.76. The van der Waals surface area contributed by atoms with Crippen molar-refractivity contribution >= 4 is 26.8 Å². The fraction of sp³-hybridized carbons (Fsp3) is 0.476. The summed E-state index contributed by atoms with van der Waals surface area (Å²) in [5, 5.41) is 7.61. The number of benzene rings is 1. The summed E-state index contributed by atoms with van der Waals surface area (Å²) < 4.78 is 25.5. The third kappa shape index (κ3) is 3.74. The molecule has 3 aromatic rings. The smallest absolute Gasteiger partial charge is 0.255 e. The number of imidazole rings is 1. The highest BCUT2D eigenvalue weighted by atomic mass is 32.2. The van der Waals surface area contributed by atoms with E-state index < -0.39 is 9.84 Å². The van der Waals surface area contributed by atoms with Gasteiger partial charge in [-0.2, -0.15) is 5.10 Å². The molecule has 0 saturated carbocycles. The molecule has 4 rings (SSSR count). The van der Waals surface area contributed by atoms with Gasteiger partial charge in [-0.25, -0.2) is 13.4 Å². The number of hydrogen-bond acceptors (Lipinski definition) is 5. The number of nitrogens with zero attached hydrogens (tertiary/aromatic N) is 3. The van der Waals surface area contributed by atoms with Crippen molar-refractivity contribution in [2.45, 2.75) is 46.2 Å². The minimum absolute atomic E-state index is 0.0730. The molecule has 0 bridgehead atoms. The van der Waals surface area contributed by atoms with Gasteiger partial charge in [-0.15, -0.1) is 0 Å². The van der Waals surface area contributed by atoms with Crippen LogP contribution in [0.2, 0.25) is 0 Å². The van der Waals surface area contributed by atoms with Crippen molar-refractivity contribution in [3.63, 3.8) is 0 Å². The predicted octanol–water partition coefficient (Wildman–Crippen LogP) is 2.86. The van der Waals surface area contributed by atoms with Crippen molar-refractivity contribution in [3.8, 4) is 0 Å². The van der Waals surface area contributed by atoms with Crippen LogP contribution in [0.3, 0.4) is 0 Å². The van der Waals surface area contributed by atoms with E-state index in [1.54, 1.807) is 11.6 Å². The van der Waals surface area contributed by atoms with Crippen molar-refractivity contribution in [2.75, 3.05) is 11.5 Å². The first kappa shape index (κ1) is 20.6. The monoisotopic (exact) mass is 429 g/mol. The van der Waals surface area contributed by atoms with Gasteiger partial charge in [-0.1, -0.05) is 26.0 Å². The highest BCUT2D eigenvalue weighted by molar-refractivity contribution is 7.91. The van der Waals surface area contributed by atoms with Crippen LogP contribution in [-0.4, -0.2) is 45.6 Å². The Morgan fingerprint density at radius 1 is 1.27 bits per heavy atom. The molecule has 2 atom stereocenters. The lowest BCUT2D eigenvalue weighted by molar-refractivity contribution is 0.0922. The molecular formula is C21H27N5O3S. The third-order valence-corrected chi connectivity index (χ3v) is 7.51. The normalized spacial score (nSPS) is 19.4. The van der Waals surface area contributed by atoms with Crippen LogP contribution in [0.4, 0.5) is 0 Å². The van der Waals surface area contributed by atoms with Gasteiger partial charge in [0.1, 0.15) is 5.82 Å². The molecule has 0 unspecified atom stereocenters. The number of hydrogen-bond donors (Lipinski definition) is 2. The molecule has 1 aromatic carbocycles. The molecule has 1 saturated heterocycles. The fourth-order valence-electron chi connectivity index (χ4n) is 4.20. The van der Waals surface area contributed by atoms with E-state index in [1.807, 2.05) is 45.0 Å². The topological polar surface area (TPSA) is 110 Å². The SMILES string of the molecule is Cc1nn([C@@H]2CCS(=O)(=O)C2)c(C)c1C(=O)N[C@@H](c1nc2ccccc2[nH]1)C(C)C. The van der Waals surface area contributed by atoms with Gasteiger partial charge in [0, 0.05) is 5.69 Å². The summed E-state index contributed by atoms with van der Waals surface area (Å²) in [6.07, 6.45) is 0.527. The van der Waals surface area contributed by atoms with Crippen LogP contribution < -0.4 is 5.32 Å². The highest BCUT2D eigenvalue weighted by Gasteiger charge is 2.33. The van der Waals surface area contributed by atoms with Gasteiger partial charge in [0.15, 0.2) is 9.84 Å². The molecule has 9 heteroatoms. The molecule has 1 aliphatic heterocycles. The van der Waals surface area contributed by atoms with Crippen LogP contribution >= 0.6 is 0 Å². The number of aryl methyl sites for hydroxylation is 1. The van der Waals surface area contributed by atoms with Crippen molar-refractivity contribution < 1.29 is 13.2 Å². The number of amides is 1. The zero-order valence-electron chi connectivity index (χ0n) is 17.6. The summed E-state index contributed by atoms with van der Waals surface area (Å²) in [5.74, 6) is 0.841. The van der Waals surface area contributed by atoms with E-state index >= 15 is 0 Å². The van der Waals surface area contributed by atoms with Crippen LogP contribution in [0.1, 0.15) is 59.9 Å². The van der Waals surface area contributed by atoms with Crippen LogP contribution in [0, 0.1) is 19.8 Å². The molecule has 160 valence electrons. The van der Waals surface area contributed by atoms with Crippen LogP contribution in [-0.2, 0) is 9.84 Å². The molecule has 0 spiro atoms. The lowest BCUT2D eigenvalue weighted by Gasteiger charge is -2.20. The molecular weight excluding hydrogens is 402 g/mol. The zero-order chi connectivity index (χ0) is 21.6. The van der Waals surface area contributed by atoms with Gasteiger partial charge in [-0.05, 0) is 38.3 Å². The fourth-order valence-corrected chi connectivity index (χ4v) is 5.89. The zero-order valence-corrected chi connectivity index (χ0v) is 18.5. The number of rotatable bonds is 5. The number of para-hydroxylation sites is 2. The highest BCUT2D eigenvalue weighted by Crippen LogP contribution is 2.28. The van der Waals surface area contributed by atoms with Crippen LogP contribution in [0.5, 0.6) is 0 Å². The predicted molar refractivity (Wildman–Crippen MR) is 115 cm³/mol. The number of carbonyl (C=O) groups excluding carboxylic acids is 1. The van der Waals surface area contributed by atoms with Gasteiger partial charge in [0.2, 0.25) is 0 Å². The summed E-state index contributed by atoms with van der Waals surface area (Å²) in [5.41, 5.74) is 3.58. The maximum absolute atomic E-state index is 13.2. The lowest BCUT2D eigenvalue weighted by Crippen LogP contribution is -2.33. The van der Waals surface area contributed by atoms with Crippen molar-refractivity contribution in [1.82, 2.24) is 25.1 Å². The van der Waals surface area contributed by atoms with E-state index in [2.05, 4.69) is 20.4 Å². The summed E-state index contributed by atoms with van der Waals surface area (Å²) >= 11 is 0. The Labute approximate surface area is 176 Å². The second kappa shape index (κ2) is 7.54. The summed E-state index contributed by atoms with van der Waals surface area (Å²) in [6, 6.07) is 7.25. The number of sulfone groups is 1. The van der Waals surface area contributed by atoms with E-state index in [0.29, 0.717) is 29.2 Å². The first-order valence-electron chi connectivity index (χ1n) is 10.2. The standard InChI is InChI=1S/C21H27N5O3S/c1-12(2)19(20-22-16-7-5-6-8-17(16)23-20)24-21(27)18-13(3)25-26(14(18)4)15-9-10-30(28,29)11-15/h5-8,12,15,19H,9-11H2,1-4H3,(H,22,23)(H,24,27)/t15-,19-/m1/s1. The molecule has 0 radical (unpaired) electrons. The molecule has 2 aromatic heterocycles. The summed E-state index contributed by atoms with van der Waals surface area (Å²) in [6.45, 7) is 7.67. The minimum atomic E-state index is -3.04. The second-order valence-electron chi connectivity index (χ2n) is 8.38. The van der Waals surface area contributed by atoms with Gasteiger partial charge in [0.25, 0.3) is 5.91 Å². The lowest BCUT2D eigenvalue weighted by atomic mass is 10.0. The van der Waals surface area contributed by atoms with Crippen LogP contribution in [0.25, 0.3) is 11.0 Å². The Bertz CT molecular complexity index is 1180. The van der Waals surface area contributed by atoms with E-state index in [1.165, 1.54) is 0 Å². The first-order valence-corrected chi connectivity index (χ1v) is 12.0. The van der Waals surface area contributed by atoms with Crippen molar-refractivity contribution in [3.05, 3.63) is 47.0 Å². The maximum Gasteiger partial charge on any atom is 0.255 e. The van der Waals surface area contributed by atoms with Crippen molar-refractivity contribution in [1.29, 1.82) is 0 Å².